The molecule has 1 N–H and O–H groups in total. The maximum Gasteiger partial charge on any atom is 0.223 e. The van der Waals surface area contributed by atoms with Gasteiger partial charge in [-0.25, -0.2) is 14.4 Å². The molecule has 32 heavy (non-hydrogen) atoms. The van der Waals surface area contributed by atoms with Crippen molar-refractivity contribution < 1.29 is 14.3 Å². The summed E-state index contributed by atoms with van der Waals surface area (Å²) in [6.45, 7) is 0. The van der Waals surface area contributed by atoms with E-state index < -0.39 is 0 Å². The molecular weight excluding hydrogens is 405 g/mol. The van der Waals surface area contributed by atoms with Gasteiger partial charge in [-0.15, -0.1) is 0 Å². The highest BCUT2D eigenvalue weighted by molar-refractivity contribution is 6.01. The summed E-state index contributed by atoms with van der Waals surface area (Å²) in [6.07, 6.45) is 10.2. The number of nitrogens with zero attached hydrogens (tertiary/aromatic N) is 3. The molecule has 0 aliphatic heterocycles. The minimum absolute atomic E-state index is 0.0359. The predicted molar refractivity (Wildman–Crippen MR) is 121 cm³/mol. The maximum absolute atomic E-state index is 13.4. The molecule has 0 saturated heterocycles. The fraction of sp³-hybridized carbons (Fsp3) is 0.0385. The first-order valence-corrected chi connectivity index (χ1v) is 10.1. The van der Waals surface area contributed by atoms with E-state index in [0.717, 1.165) is 16.7 Å². The molecule has 156 valence electrons. The van der Waals surface area contributed by atoms with Gasteiger partial charge in [0.2, 0.25) is 5.88 Å². The number of rotatable bonds is 4. The molecule has 0 spiro atoms. The van der Waals surface area contributed by atoms with Crippen LogP contribution in [-0.4, -0.2) is 25.3 Å². The van der Waals surface area contributed by atoms with Gasteiger partial charge in [-0.3, -0.25) is 9.20 Å². The predicted octanol–water partition coefficient (Wildman–Crippen LogP) is 4.91. The number of fused-ring (bicyclic) bond motifs is 1. The Hall–Kier alpha value is -4.32. The molecule has 0 atom stereocenters. The minimum atomic E-state index is -0.328. The van der Waals surface area contributed by atoms with Gasteiger partial charge in [-0.1, -0.05) is 42.5 Å². The Labute approximate surface area is 183 Å². The van der Waals surface area contributed by atoms with E-state index in [2.05, 4.69) is 4.98 Å². The standard InChI is InChI=1S/C26H18FN3O2/c27-20-10-8-19(9-11-20)24-16-30-25(22(28-24)14-17-4-2-1-3-5-17)29-23(26(30)32)15-18-6-12-21(31)13-7-18/h1-13,15-16,32H,14H2. The Morgan fingerprint density at radius 1 is 0.938 bits per heavy atom. The molecule has 6 heteroatoms. The topological polar surface area (TPSA) is 67.5 Å². The van der Waals surface area contributed by atoms with Crippen LogP contribution in [0.5, 0.6) is 5.88 Å². The monoisotopic (exact) mass is 423 g/mol. The number of ketones is 1. The Kier molecular flexibility index (Phi) is 4.95. The van der Waals surface area contributed by atoms with Crippen LogP contribution in [0.4, 0.5) is 4.39 Å². The molecule has 0 bridgehead atoms. The van der Waals surface area contributed by atoms with Crippen molar-refractivity contribution in [1.82, 2.24) is 14.4 Å². The van der Waals surface area contributed by atoms with Gasteiger partial charge >= 0.3 is 0 Å². The Morgan fingerprint density at radius 2 is 1.66 bits per heavy atom. The molecule has 5 nitrogen and oxygen atoms in total. The summed E-state index contributed by atoms with van der Waals surface area (Å²) in [5.74, 6) is -0.447. The quantitative estimate of drug-likeness (QED) is 0.506. The summed E-state index contributed by atoms with van der Waals surface area (Å²) in [5, 5.41) is 10.9. The van der Waals surface area contributed by atoms with E-state index in [0.29, 0.717) is 29.1 Å². The largest absolute Gasteiger partial charge is 0.493 e. The molecule has 2 heterocycles. The lowest BCUT2D eigenvalue weighted by molar-refractivity contribution is -0.110. The van der Waals surface area contributed by atoms with Gasteiger partial charge in [0.15, 0.2) is 11.4 Å². The number of benzene rings is 2. The molecule has 0 saturated carbocycles. The average molecular weight is 423 g/mol. The number of imidazole rings is 1. The normalized spacial score (nSPS) is 13.2. The van der Waals surface area contributed by atoms with Gasteiger partial charge < -0.3 is 5.11 Å². The smallest absolute Gasteiger partial charge is 0.223 e. The van der Waals surface area contributed by atoms with Crippen LogP contribution in [-0.2, 0) is 11.2 Å². The van der Waals surface area contributed by atoms with E-state index in [4.69, 9.17) is 4.98 Å². The second-order valence-electron chi connectivity index (χ2n) is 7.47. The van der Waals surface area contributed by atoms with Crippen LogP contribution in [0.2, 0.25) is 0 Å². The Bertz CT molecular complexity index is 1400. The van der Waals surface area contributed by atoms with Crippen molar-refractivity contribution in [2.45, 2.75) is 6.42 Å². The number of aromatic nitrogens is 3. The third-order valence-corrected chi connectivity index (χ3v) is 5.21. The number of allylic oxidation sites excluding steroid dienone is 5. The highest BCUT2D eigenvalue weighted by Crippen LogP contribution is 2.28. The summed E-state index contributed by atoms with van der Waals surface area (Å²) >= 11 is 0. The number of halogens is 1. The number of hydrogen-bond acceptors (Lipinski definition) is 4. The summed E-state index contributed by atoms with van der Waals surface area (Å²) < 4.78 is 15.0. The summed E-state index contributed by atoms with van der Waals surface area (Å²) in [5.41, 5.74) is 4.71. The van der Waals surface area contributed by atoms with Crippen molar-refractivity contribution in [2.75, 3.05) is 0 Å². The van der Waals surface area contributed by atoms with Crippen LogP contribution in [0.25, 0.3) is 23.0 Å². The highest BCUT2D eigenvalue weighted by atomic mass is 19.1. The van der Waals surface area contributed by atoms with E-state index >= 15 is 0 Å². The third kappa shape index (κ3) is 3.86. The summed E-state index contributed by atoms with van der Waals surface area (Å²) in [7, 11) is 0. The zero-order chi connectivity index (χ0) is 22.1. The maximum atomic E-state index is 13.4. The minimum Gasteiger partial charge on any atom is -0.493 e. The number of carbonyl (C=O) groups is 1. The second kappa shape index (κ2) is 8.07. The van der Waals surface area contributed by atoms with Gasteiger partial charge in [0.25, 0.3) is 0 Å². The fourth-order valence-corrected chi connectivity index (χ4v) is 3.60. The van der Waals surface area contributed by atoms with Crippen LogP contribution in [0.1, 0.15) is 17.0 Å². The second-order valence-corrected chi connectivity index (χ2v) is 7.47. The molecule has 1 aliphatic carbocycles. The van der Waals surface area contributed by atoms with Gasteiger partial charge in [0.1, 0.15) is 11.5 Å². The van der Waals surface area contributed by atoms with E-state index in [1.54, 1.807) is 41.0 Å². The molecule has 2 aromatic heterocycles. The SMILES string of the molecule is O=C1C=CC(=Cc2nc3c(Cc4ccccc4)nc(-c4ccc(F)cc4)cn3c2O)C=C1. The van der Waals surface area contributed by atoms with Gasteiger partial charge in [0, 0.05) is 18.2 Å². The first kappa shape index (κ1) is 19.6. The molecule has 1 aliphatic rings. The first-order valence-electron chi connectivity index (χ1n) is 10.1. The molecular formula is C26H18FN3O2. The first-order chi connectivity index (χ1) is 15.6. The summed E-state index contributed by atoms with van der Waals surface area (Å²) in [4.78, 5) is 20.8. The van der Waals surface area contributed by atoms with Gasteiger partial charge in [-0.05, 0) is 53.6 Å². The van der Waals surface area contributed by atoms with Gasteiger partial charge in [0.05, 0.1) is 11.4 Å². The van der Waals surface area contributed by atoms with E-state index in [-0.39, 0.29) is 17.5 Å². The Morgan fingerprint density at radius 3 is 2.38 bits per heavy atom. The zero-order valence-electron chi connectivity index (χ0n) is 16.9. The molecule has 0 fully saturated rings. The van der Waals surface area contributed by atoms with Crippen molar-refractivity contribution in [1.29, 1.82) is 0 Å². The van der Waals surface area contributed by atoms with Crippen LogP contribution in [0, 0.1) is 5.82 Å². The molecule has 0 unspecified atom stereocenters. The van der Waals surface area contributed by atoms with Crippen LogP contribution < -0.4 is 0 Å². The molecule has 0 amide bonds. The van der Waals surface area contributed by atoms with E-state index in [9.17, 15) is 14.3 Å². The lowest BCUT2D eigenvalue weighted by atomic mass is 10.1. The lowest BCUT2D eigenvalue weighted by Crippen LogP contribution is -2.01. The van der Waals surface area contributed by atoms with E-state index in [1.165, 1.54) is 24.3 Å². The van der Waals surface area contributed by atoms with Crippen LogP contribution in [0.15, 0.2) is 90.7 Å². The third-order valence-electron chi connectivity index (χ3n) is 5.21. The number of carbonyl (C=O) groups excluding carboxylic acids is 1. The molecule has 0 radical (unpaired) electrons. The van der Waals surface area contributed by atoms with Crippen molar-refractivity contribution in [3.8, 4) is 17.1 Å². The highest BCUT2D eigenvalue weighted by Gasteiger charge is 2.17. The van der Waals surface area contributed by atoms with Crippen molar-refractivity contribution in [3.05, 3.63) is 113 Å². The average Bonchev–Trinajstić information content (AvgIpc) is 3.12. The molecule has 2 aromatic carbocycles. The van der Waals surface area contributed by atoms with Gasteiger partial charge in [-0.2, -0.15) is 0 Å². The summed E-state index contributed by atoms with van der Waals surface area (Å²) in [6, 6.07) is 15.9. The fourth-order valence-electron chi connectivity index (χ4n) is 3.60. The Balaban J connectivity index is 1.67. The van der Waals surface area contributed by atoms with Crippen LogP contribution in [0.3, 0.4) is 0 Å². The molecule has 5 rings (SSSR count). The van der Waals surface area contributed by atoms with Crippen molar-refractivity contribution in [3.63, 3.8) is 0 Å². The number of aromatic hydroxyl groups is 1. The lowest BCUT2D eigenvalue weighted by Gasteiger charge is -2.08. The van der Waals surface area contributed by atoms with Crippen molar-refractivity contribution in [2.24, 2.45) is 0 Å². The van der Waals surface area contributed by atoms with Crippen molar-refractivity contribution >= 4 is 17.5 Å². The molecule has 4 aromatic rings. The number of hydrogen-bond donors (Lipinski definition) is 1. The van der Waals surface area contributed by atoms with Crippen LogP contribution >= 0.6 is 0 Å². The van der Waals surface area contributed by atoms with E-state index in [1.807, 2.05) is 30.3 Å². The zero-order valence-corrected chi connectivity index (χ0v) is 16.9.